The van der Waals surface area contributed by atoms with Gasteiger partial charge in [0.05, 0.1) is 12.4 Å². The Morgan fingerprint density at radius 2 is 2.06 bits per heavy atom. The molecule has 0 atom stereocenters. The van der Waals surface area contributed by atoms with Crippen molar-refractivity contribution in [3.8, 4) is 0 Å². The van der Waals surface area contributed by atoms with Gasteiger partial charge in [0.2, 0.25) is 0 Å². The van der Waals surface area contributed by atoms with Crippen LogP contribution in [0.1, 0.15) is 0 Å². The van der Waals surface area contributed by atoms with Crippen molar-refractivity contribution in [2.24, 2.45) is 0 Å². The van der Waals surface area contributed by atoms with Gasteiger partial charge in [-0.05, 0) is 12.2 Å². The van der Waals surface area contributed by atoms with E-state index >= 15 is 0 Å². The van der Waals surface area contributed by atoms with E-state index in [9.17, 15) is 0 Å². The molecule has 0 amide bonds. The average Bonchev–Trinajstić information content (AvgIpc) is 3.10. The largest absolute Gasteiger partial charge is 0.452 e. The minimum atomic E-state index is 1.38. The van der Waals surface area contributed by atoms with Crippen LogP contribution in [-0.4, -0.2) is 15.4 Å². The number of allylic oxidation sites excluding steroid dienone is 2. The minimum absolute atomic E-state index is 1.38. The Kier molecular flexibility index (Phi) is 6.47. The highest BCUT2D eigenvalue weighted by Gasteiger charge is 1.72. The van der Waals surface area contributed by atoms with Gasteiger partial charge in [-0.15, -0.1) is 5.10 Å². The van der Waals surface area contributed by atoms with Gasteiger partial charge in [-0.2, -0.15) is 0 Å². The third kappa shape index (κ3) is 6.89. The number of nitrogens with one attached hydrogen (secondary N) is 1. The number of hydrogen-bond donors (Lipinski definition) is 1. The third-order valence-corrected chi connectivity index (χ3v) is 1.12. The van der Waals surface area contributed by atoms with Gasteiger partial charge in [-0.25, -0.2) is 10.5 Å². The lowest BCUT2D eigenvalue weighted by Crippen LogP contribution is -2.01. The predicted octanol–water partition coefficient (Wildman–Crippen LogP) is 1.29. The van der Waals surface area contributed by atoms with Gasteiger partial charge in [0.25, 0.3) is 0 Å². The predicted molar refractivity (Wildman–Crippen MR) is 53.3 cm³/mol. The molecule has 0 fully saturated rings. The fourth-order valence-corrected chi connectivity index (χ4v) is 0.570. The average molecular weight is 222 g/mol. The first kappa shape index (κ1) is 11.5. The summed E-state index contributed by atoms with van der Waals surface area (Å²) in [5, 5.41) is 6.40. The Balaban J connectivity index is 0.000000121. The first-order valence-electron chi connectivity index (χ1n) is 4.26. The fraction of sp³-hybridized carbons (Fsp3) is 0. The second-order valence-electron chi connectivity index (χ2n) is 2.19. The van der Waals surface area contributed by atoms with E-state index in [0.717, 1.165) is 0 Å². The zero-order valence-electron chi connectivity index (χ0n) is 8.26. The molecule has 0 aromatic carbocycles. The molecule has 3 heterocycles. The van der Waals surface area contributed by atoms with E-state index in [1.54, 1.807) is 24.7 Å². The summed E-state index contributed by atoms with van der Waals surface area (Å²) >= 11 is 0. The summed E-state index contributed by atoms with van der Waals surface area (Å²) in [4.78, 5) is 8.11. The molecule has 1 N–H and O–H groups in total. The number of aromatic nitrogens is 3. The molecular formula is C9H10N4O3. The standard InChI is InChI=1S/C4H5NO.C3H3NO.C2H2N2O/c1-2-4-6-5-3-1;1-2-5-3-4-1;1-2-5-4-3-1/h1-5H;1-3H;1-2H. The first-order valence-corrected chi connectivity index (χ1v) is 4.26. The SMILES string of the molecule is C1=CNOC=C1.c1cocn1.c1conn1. The van der Waals surface area contributed by atoms with Crippen LogP contribution in [0.15, 0.2) is 64.9 Å². The molecule has 16 heavy (non-hydrogen) atoms. The maximum Gasteiger partial charge on any atom is 0.180 e. The molecule has 0 aliphatic carbocycles. The smallest absolute Gasteiger partial charge is 0.180 e. The zero-order valence-corrected chi connectivity index (χ0v) is 8.26. The molecule has 7 heteroatoms. The number of nitrogens with zero attached hydrogens (tertiary/aromatic N) is 3. The molecule has 0 radical (unpaired) electrons. The second-order valence-corrected chi connectivity index (χ2v) is 2.19. The lowest BCUT2D eigenvalue weighted by atomic mass is 10.6. The van der Waals surface area contributed by atoms with Crippen molar-refractivity contribution in [2.75, 3.05) is 0 Å². The molecular weight excluding hydrogens is 212 g/mol. The normalized spacial score (nSPS) is 11.0. The van der Waals surface area contributed by atoms with Crippen LogP contribution < -0.4 is 5.48 Å². The summed E-state index contributed by atoms with van der Waals surface area (Å²) in [5.74, 6) is 0. The molecule has 3 rings (SSSR count). The van der Waals surface area contributed by atoms with Gasteiger partial charge < -0.3 is 13.8 Å². The summed E-state index contributed by atoms with van der Waals surface area (Å²) in [6.07, 6.45) is 14.3. The van der Waals surface area contributed by atoms with Crippen LogP contribution in [0.4, 0.5) is 0 Å². The summed E-state index contributed by atoms with van der Waals surface area (Å²) in [5.41, 5.74) is 2.52. The van der Waals surface area contributed by atoms with Crippen LogP contribution >= 0.6 is 0 Å². The van der Waals surface area contributed by atoms with Gasteiger partial charge in [-0.1, -0.05) is 0 Å². The molecule has 1 aliphatic heterocycles. The Labute approximate surface area is 91.4 Å². The monoisotopic (exact) mass is 222 g/mol. The highest BCUT2D eigenvalue weighted by molar-refractivity contribution is 5.00. The van der Waals surface area contributed by atoms with Crippen molar-refractivity contribution in [1.82, 2.24) is 20.8 Å². The van der Waals surface area contributed by atoms with Crippen molar-refractivity contribution in [2.45, 2.75) is 0 Å². The molecule has 0 saturated heterocycles. The summed E-state index contributed by atoms with van der Waals surface area (Å²) in [6, 6.07) is 0. The molecule has 2 aromatic rings. The highest BCUT2D eigenvalue weighted by Crippen LogP contribution is 1.80. The summed E-state index contributed by atoms with van der Waals surface area (Å²) in [6.45, 7) is 0. The zero-order chi connectivity index (χ0) is 11.3. The Morgan fingerprint density at radius 1 is 1.06 bits per heavy atom. The van der Waals surface area contributed by atoms with Gasteiger partial charge in [0, 0.05) is 11.5 Å². The quantitative estimate of drug-likeness (QED) is 0.718. The van der Waals surface area contributed by atoms with Crippen LogP contribution in [0.5, 0.6) is 0 Å². The van der Waals surface area contributed by atoms with E-state index in [-0.39, 0.29) is 0 Å². The van der Waals surface area contributed by atoms with Crippen LogP contribution in [0.2, 0.25) is 0 Å². The lowest BCUT2D eigenvalue weighted by Gasteiger charge is -1.97. The van der Waals surface area contributed by atoms with Crippen LogP contribution in [0.25, 0.3) is 0 Å². The van der Waals surface area contributed by atoms with E-state index in [1.165, 1.54) is 25.1 Å². The Morgan fingerprint density at radius 3 is 2.25 bits per heavy atom. The van der Waals surface area contributed by atoms with Crippen molar-refractivity contribution in [1.29, 1.82) is 0 Å². The third-order valence-electron chi connectivity index (χ3n) is 1.12. The molecule has 2 aromatic heterocycles. The summed E-state index contributed by atoms with van der Waals surface area (Å²) in [7, 11) is 0. The van der Waals surface area contributed by atoms with Crippen LogP contribution in [0, 0.1) is 0 Å². The lowest BCUT2D eigenvalue weighted by molar-refractivity contribution is 0.172. The summed E-state index contributed by atoms with van der Waals surface area (Å²) < 4.78 is 8.69. The van der Waals surface area contributed by atoms with Crippen LogP contribution in [-0.2, 0) is 4.84 Å². The van der Waals surface area contributed by atoms with Gasteiger partial charge in [0.1, 0.15) is 18.8 Å². The first-order chi connectivity index (χ1) is 8.00. The van der Waals surface area contributed by atoms with Crippen molar-refractivity contribution in [3.05, 3.63) is 55.9 Å². The topological polar surface area (TPSA) is 86.2 Å². The number of hydrogen-bond acceptors (Lipinski definition) is 7. The molecule has 0 spiro atoms. The molecule has 0 saturated carbocycles. The Bertz CT molecular complexity index is 297. The number of oxazole rings is 1. The number of hydroxylamine groups is 1. The Hall–Kier alpha value is -2.57. The van der Waals surface area contributed by atoms with E-state index in [2.05, 4.69) is 34.6 Å². The fourth-order valence-electron chi connectivity index (χ4n) is 0.570. The van der Waals surface area contributed by atoms with Crippen molar-refractivity contribution in [3.63, 3.8) is 0 Å². The highest BCUT2D eigenvalue weighted by atomic mass is 16.6. The van der Waals surface area contributed by atoms with E-state index in [4.69, 9.17) is 0 Å². The van der Waals surface area contributed by atoms with E-state index in [0.29, 0.717) is 0 Å². The molecule has 1 aliphatic rings. The van der Waals surface area contributed by atoms with Gasteiger partial charge >= 0.3 is 0 Å². The van der Waals surface area contributed by atoms with E-state index in [1.807, 2.05) is 6.08 Å². The van der Waals surface area contributed by atoms with Crippen molar-refractivity contribution < 1.29 is 13.8 Å². The van der Waals surface area contributed by atoms with Crippen LogP contribution in [0.3, 0.4) is 0 Å². The second kappa shape index (κ2) is 9.00. The molecule has 0 unspecified atom stereocenters. The van der Waals surface area contributed by atoms with Gasteiger partial charge in [-0.3, -0.25) is 0 Å². The maximum atomic E-state index is 4.55. The van der Waals surface area contributed by atoms with Crippen molar-refractivity contribution >= 4 is 0 Å². The molecule has 84 valence electrons. The van der Waals surface area contributed by atoms with E-state index < -0.39 is 0 Å². The minimum Gasteiger partial charge on any atom is -0.452 e. The molecule has 7 nitrogen and oxygen atoms in total. The van der Waals surface area contributed by atoms with Gasteiger partial charge in [0.15, 0.2) is 6.39 Å². The maximum absolute atomic E-state index is 4.55. The molecule has 0 bridgehead atoms. The number of rotatable bonds is 0.